The number of rotatable bonds is 3. The first kappa shape index (κ1) is 9.92. The molecule has 0 aromatic carbocycles. The average Bonchev–Trinajstić information content (AvgIpc) is 2.51. The highest BCUT2D eigenvalue weighted by Crippen LogP contribution is 2.44. The van der Waals surface area contributed by atoms with Crippen molar-refractivity contribution in [1.82, 2.24) is 0 Å². The molecule has 1 saturated heterocycles. The minimum absolute atomic E-state index is 0.0962. The summed E-state index contributed by atoms with van der Waals surface area (Å²) in [6.45, 7) is 1.81. The van der Waals surface area contributed by atoms with Crippen molar-refractivity contribution < 1.29 is 14.7 Å². The van der Waals surface area contributed by atoms with Crippen LogP contribution in [0.15, 0.2) is 0 Å². The number of carbonyl (C=O) groups excluding carboxylic acids is 1. The number of hydrogen-bond donors (Lipinski definition) is 1. The molecule has 0 spiro atoms. The van der Waals surface area contributed by atoms with Crippen LogP contribution in [0.5, 0.6) is 0 Å². The highest BCUT2D eigenvalue weighted by Gasteiger charge is 2.34. The van der Waals surface area contributed by atoms with Crippen LogP contribution in [0.1, 0.15) is 19.8 Å². The molecule has 68 valence electrons. The lowest BCUT2D eigenvalue weighted by Crippen LogP contribution is -2.19. The molecule has 2 unspecified atom stereocenters. The van der Waals surface area contributed by atoms with Crippen molar-refractivity contribution in [1.29, 1.82) is 0 Å². The van der Waals surface area contributed by atoms with Crippen molar-refractivity contribution in [2.75, 3.05) is 0 Å². The van der Waals surface area contributed by atoms with Crippen LogP contribution in [0.3, 0.4) is 0 Å². The lowest BCUT2D eigenvalue weighted by atomic mass is 10.1. The van der Waals surface area contributed by atoms with E-state index in [1.165, 1.54) is 21.6 Å². The summed E-state index contributed by atoms with van der Waals surface area (Å²) in [5, 5.41) is 8.15. The van der Waals surface area contributed by atoms with E-state index in [4.69, 9.17) is 5.11 Å². The SMILES string of the molecule is CCC(=O)C1CC(C(=O)O)SS1. The van der Waals surface area contributed by atoms with E-state index in [0.717, 1.165) is 0 Å². The summed E-state index contributed by atoms with van der Waals surface area (Å²) in [5.74, 6) is -0.643. The Balaban J connectivity index is 2.45. The summed E-state index contributed by atoms with van der Waals surface area (Å²) in [5.41, 5.74) is 0. The number of carboxylic acids is 1. The van der Waals surface area contributed by atoms with E-state index >= 15 is 0 Å². The average molecular weight is 206 g/mol. The van der Waals surface area contributed by atoms with Gasteiger partial charge in [-0.1, -0.05) is 28.5 Å². The predicted octanol–water partition coefficient (Wildman–Crippen LogP) is 1.57. The molecule has 1 rings (SSSR count). The number of hydrogen-bond acceptors (Lipinski definition) is 4. The fourth-order valence-electron chi connectivity index (χ4n) is 0.962. The molecule has 0 aliphatic carbocycles. The van der Waals surface area contributed by atoms with Crippen molar-refractivity contribution >= 4 is 33.3 Å². The second kappa shape index (κ2) is 4.18. The number of ketones is 1. The fourth-order valence-corrected chi connectivity index (χ4v) is 4.10. The third-order valence-electron chi connectivity index (χ3n) is 1.70. The molecule has 3 nitrogen and oxygen atoms in total. The molecule has 5 heteroatoms. The summed E-state index contributed by atoms with van der Waals surface area (Å²) in [6.07, 6.45) is 0.988. The number of aliphatic carboxylic acids is 1. The Kier molecular flexibility index (Phi) is 3.46. The molecule has 0 saturated carbocycles. The Hall–Kier alpha value is -0.160. The molecule has 1 aliphatic heterocycles. The third kappa shape index (κ3) is 2.17. The maximum atomic E-state index is 11.2. The van der Waals surface area contributed by atoms with Crippen molar-refractivity contribution in [3.8, 4) is 0 Å². The van der Waals surface area contributed by atoms with Gasteiger partial charge in [-0.25, -0.2) is 0 Å². The summed E-state index contributed by atoms with van der Waals surface area (Å²) >= 11 is 0. The summed E-state index contributed by atoms with van der Waals surface area (Å²) < 4.78 is 0. The lowest BCUT2D eigenvalue weighted by Gasteiger charge is -2.02. The van der Waals surface area contributed by atoms with Crippen molar-refractivity contribution in [2.45, 2.75) is 30.3 Å². The Bertz CT molecular complexity index is 205. The van der Waals surface area contributed by atoms with Gasteiger partial charge in [-0.2, -0.15) is 0 Å². The maximum Gasteiger partial charge on any atom is 0.317 e. The summed E-state index contributed by atoms with van der Waals surface area (Å²) in [7, 11) is 2.70. The van der Waals surface area contributed by atoms with E-state index in [0.29, 0.717) is 12.8 Å². The Morgan fingerprint density at radius 3 is 2.42 bits per heavy atom. The van der Waals surface area contributed by atoms with Gasteiger partial charge in [0.25, 0.3) is 0 Å². The van der Waals surface area contributed by atoms with Gasteiger partial charge in [0.1, 0.15) is 11.0 Å². The van der Waals surface area contributed by atoms with Gasteiger partial charge >= 0.3 is 5.97 Å². The van der Waals surface area contributed by atoms with Crippen LogP contribution in [-0.2, 0) is 9.59 Å². The summed E-state index contributed by atoms with van der Waals surface area (Å²) in [4.78, 5) is 21.7. The minimum Gasteiger partial charge on any atom is -0.480 e. The van der Waals surface area contributed by atoms with Gasteiger partial charge in [0.2, 0.25) is 0 Å². The molecular formula is C7H10O3S2. The molecule has 0 radical (unpaired) electrons. The largest absolute Gasteiger partial charge is 0.480 e. The molecule has 1 heterocycles. The normalized spacial score (nSPS) is 28.8. The van der Waals surface area contributed by atoms with Crippen LogP contribution in [-0.4, -0.2) is 27.4 Å². The number of carboxylic acid groups (broad SMARTS) is 1. The van der Waals surface area contributed by atoms with Crippen LogP contribution in [0.4, 0.5) is 0 Å². The van der Waals surface area contributed by atoms with Gasteiger partial charge in [0.15, 0.2) is 0 Å². The molecule has 1 fully saturated rings. The van der Waals surface area contributed by atoms with Gasteiger partial charge in [-0.05, 0) is 6.42 Å². The first-order chi connectivity index (χ1) is 5.65. The fraction of sp³-hybridized carbons (Fsp3) is 0.714. The molecule has 1 N–H and O–H groups in total. The van der Waals surface area contributed by atoms with Gasteiger partial charge in [0.05, 0.1) is 5.25 Å². The molecule has 12 heavy (non-hydrogen) atoms. The Morgan fingerprint density at radius 1 is 1.42 bits per heavy atom. The monoisotopic (exact) mass is 206 g/mol. The zero-order valence-corrected chi connectivity index (χ0v) is 8.28. The predicted molar refractivity (Wildman–Crippen MR) is 50.3 cm³/mol. The van der Waals surface area contributed by atoms with E-state index in [2.05, 4.69) is 0 Å². The Labute approximate surface area is 78.7 Å². The highest BCUT2D eigenvalue weighted by atomic mass is 33.1. The molecule has 0 aromatic heterocycles. The van der Waals surface area contributed by atoms with E-state index in [-0.39, 0.29) is 11.0 Å². The van der Waals surface area contributed by atoms with Gasteiger partial charge in [0, 0.05) is 6.42 Å². The smallest absolute Gasteiger partial charge is 0.317 e. The second-order valence-corrected chi connectivity index (χ2v) is 5.24. The van der Waals surface area contributed by atoms with Crippen molar-refractivity contribution in [3.63, 3.8) is 0 Å². The highest BCUT2D eigenvalue weighted by molar-refractivity contribution is 8.78. The van der Waals surface area contributed by atoms with E-state index in [1.807, 2.05) is 6.92 Å². The first-order valence-corrected chi connectivity index (χ1v) is 6.00. The van der Waals surface area contributed by atoms with Crippen LogP contribution < -0.4 is 0 Å². The van der Waals surface area contributed by atoms with Gasteiger partial charge in [-0.15, -0.1) is 0 Å². The first-order valence-electron chi connectivity index (χ1n) is 3.72. The second-order valence-electron chi connectivity index (χ2n) is 2.56. The molecule has 0 aromatic rings. The van der Waals surface area contributed by atoms with Crippen LogP contribution in [0.25, 0.3) is 0 Å². The number of carbonyl (C=O) groups is 2. The Morgan fingerprint density at radius 2 is 2.00 bits per heavy atom. The molecule has 0 bridgehead atoms. The third-order valence-corrected chi connectivity index (χ3v) is 4.85. The molecule has 1 aliphatic rings. The van der Waals surface area contributed by atoms with Crippen molar-refractivity contribution in [2.24, 2.45) is 0 Å². The molecular weight excluding hydrogens is 196 g/mol. The standard InChI is InChI=1S/C7H10O3S2/c1-2-4(8)5-3-6(7(9)10)12-11-5/h5-6H,2-3H2,1H3,(H,9,10). The van der Waals surface area contributed by atoms with E-state index < -0.39 is 11.2 Å². The van der Waals surface area contributed by atoms with Gasteiger partial charge in [-0.3, -0.25) is 9.59 Å². The van der Waals surface area contributed by atoms with Crippen LogP contribution in [0.2, 0.25) is 0 Å². The summed E-state index contributed by atoms with van der Waals surface area (Å²) in [6, 6.07) is 0. The molecule has 0 amide bonds. The quantitative estimate of drug-likeness (QED) is 0.710. The van der Waals surface area contributed by atoms with Crippen LogP contribution in [0, 0.1) is 0 Å². The van der Waals surface area contributed by atoms with Gasteiger partial charge < -0.3 is 5.11 Å². The maximum absolute atomic E-state index is 11.2. The van der Waals surface area contributed by atoms with E-state index in [1.54, 1.807) is 0 Å². The molecule has 2 atom stereocenters. The van der Waals surface area contributed by atoms with Crippen molar-refractivity contribution in [3.05, 3.63) is 0 Å². The van der Waals surface area contributed by atoms with E-state index in [9.17, 15) is 9.59 Å². The minimum atomic E-state index is -0.807. The lowest BCUT2D eigenvalue weighted by molar-refractivity contribution is -0.136. The number of Topliss-reactive ketones (excluding diaryl/α,β-unsaturated/α-hetero) is 1. The zero-order valence-electron chi connectivity index (χ0n) is 6.65. The topological polar surface area (TPSA) is 54.4 Å². The zero-order chi connectivity index (χ0) is 9.14. The van der Waals surface area contributed by atoms with Crippen LogP contribution >= 0.6 is 21.6 Å².